The zero-order chi connectivity index (χ0) is 16.3. The summed E-state index contributed by atoms with van der Waals surface area (Å²) in [6.45, 7) is 0.423. The number of para-hydroxylation sites is 1. The smallest absolute Gasteiger partial charge is 0.262 e. The number of hydrogen-bond acceptors (Lipinski definition) is 5. The van der Waals surface area contributed by atoms with E-state index in [9.17, 15) is 8.78 Å². The Morgan fingerprint density at radius 1 is 1.17 bits per heavy atom. The Morgan fingerprint density at radius 2 is 1.96 bits per heavy atom. The molecule has 0 radical (unpaired) electrons. The van der Waals surface area contributed by atoms with Gasteiger partial charge in [-0.3, -0.25) is 4.90 Å². The first kappa shape index (κ1) is 15.8. The predicted octanol–water partition coefficient (Wildman–Crippen LogP) is 2.44. The molecule has 2 heterocycles. The Kier molecular flexibility index (Phi) is 4.49. The van der Waals surface area contributed by atoms with E-state index in [2.05, 4.69) is 10.2 Å². The second-order valence-electron chi connectivity index (χ2n) is 5.77. The fourth-order valence-corrected chi connectivity index (χ4v) is 2.68. The van der Waals surface area contributed by atoms with Gasteiger partial charge in [-0.05, 0) is 18.2 Å². The van der Waals surface area contributed by atoms with Gasteiger partial charge in [-0.2, -0.15) is 5.10 Å². The second kappa shape index (κ2) is 6.55. The zero-order valence-corrected chi connectivity index (χ0v) is 12.5. The molecule has 1 fully saturated rings. The van der Waals surface area contributed by atoms with Crippen molar-refractivity contribution in [3.63, 3.8) is 0 Å². The number of hydrogen-bond donors (Lipinski definition) is 1. The Morgan fingerprint density at radius 3 is 2.61 bits per heavy atom. The number of benzene rings is 1. The fraction of sp³-hybridized carbons (Fsp3) is 0.375. The first-order chi connectivity index (χ1) is 11.0. The van der Waals surface area contributed by atoms with Crippen molar-refractivity contribution in [1.82, 2.24) is 15.1 Å². The lowest BCUT2D eigenvalue weighted by atomic mass is 10.0. The number of nitrogens with zero attached hydrogens (tertiary/aromatic N) is 3. The lowest BCUT2D eigenvalue weighted by Crippen LogP contribution is -2.52. The van der Waals surface area contributed by atoms with Crippen LogP contribution in [0.25, 0.3) is 0 Å². The van der Waals surface area contributed by atoms with Crippen LogP contribution in [-0.2, 0) is 6.54 Å². The van der Waals surface area contributed by atoms with Gasteiger partial charge in [0, 0.05) is 31.6 Å². The van der Waals surface area contributed by atoms with Gasteiger partial charge < -0.3 is 10.5 Å². The molecular weight excluding hydrogens is 302 g/mol. The predicted molar refractivity (Wildman–Crippen MR) is 81.4 cm³/mol. The van der Waals surface area contributed by atoms with Gasteiger partial charge in [-0.25, -0.2) is 8.78 Å². The number of piperidine rings is 1. The zero-order valence-electron chi connectivity index (χ0n) is 12.5. The van der Waals surface area contributed by atoms with Crippen LogP contribution in [0.3, 0.4) is 0 Å². The summed E-state index contributed by atoms with van der Waals surface area (Å²) in [6, 6.07) is 12.1. The number of alkyl halides is 2. The summed E-state index contributed by atoms with van der Waals surface area (Å²) in [4.78, 5) is 1.61. The fourth-order valence-electron chi connectivity index (χ4n) is 2.68. The van der Waals surface area contributed by atoms with Gasteiger partial charge in [0.15, 0.2) is 0 Å². The maximum absolute atomic E-state index is 13.5. The maximum atomic E-state index is 13.5. The Labute approximate surface area is 133 Å². The molecule has 1 aromatic heterocycles. The van der Waals surface area contributed by atoms with E-state index < -0.39 is 12.0 Å². The molecule has 0 amide bonds. The van der Waals surface area contributed by atoms with Crippen LogP contribution in [0.1, 0.15) is 12.1 Å². The number of ether oxygens (including phenoxy) is 1. The maximum Gasteiger partial charge on any atom is 0.262 e. The van der Waals surface area contributed by atoms with Crippen molar-refractivity contribution in [2.45, 2.75) is 24.9 Å². The van der Waals surface area contributed by atoms with Crippen molar-refractivity contribution in [1.29, 1.82) is 0 Å². The van der Waals surface area contributed by atoms with Crippen molar-refractivity contribution in [2.24, 2.45) is 5.73 Å². The normalized spacial score (nSPS) is 21.1. The quantitative estimate of drug-likeness (QED) is 0.937. The third kappa shape index (κ3) is 4.43. The summed E-state index contributed by atoms with van der Waals surface area (Å²) in [6.07, 6.45) is -0.265. The molecule has 3 rings (SSSR count). The van der Waals surface area contributed by atoms with Crippen LogP contribution in [0.2, 0.25) is 0 Å². The lowest BCUT2D eigenvalue weighted by Gasteiger charge is -2.35. The molecule has 2 N–H and O–H groups in total. The van der Waals surface area contributed by atoms with Crippen LogP contribution in [0.5, 0.6) is 11.6 Å². The van der Waals surface area contributed by atoms with Crippen molar-refractivity contribution >= 4 is 0 Å². The van der Waals surface area contributed by atoms with Crippen molar-refractivity contribution in [3.05, 3.63) is 48.2 Å². The molecule has 1 saturated heterocycles. The summed E-state index contributed by atoms with van der Waals surface area (Å²) in [5.74, 6) is -1.72. The highest BCUT2D eigenvalue weighted by molar-refractivity contribution is 5.26. The van der Waals surface area contributed by atoms with Crippen molar-refractivity contribution in [2.75, 3.05) is 13.1 Å². The highest BCUT2D eigenvalue weighted by Crippen LogP contribution is 2.27. The summed E-state index contributed by atoms with van der Waals surface area (Å²) in [5, 5.41) is 8.02. The van der Waals surface area contributed by atoms with Crippen LogP contribution < -0.4 is 10.5 Å². The number of rotatable bonds is 4. The van der Waals surface area contributed by atoms with Crippen LogP contribution in [0.15, 0.2) is 42.5 Å². The molecule has 5 nitrogen and oxygen atoms in total. The molecule has 1 unspecified atom stereocenters. The average Bonchev–Trinajstić information content (AvgIpc) is 2.48. The number of halogens is 2. The molecule has 2 aromatic rings. The topological polar surface area (TPSA) is 64.3 Å². The highest BCUT2D eigenvalue weighted by Gasteiger charge is 2.38. The third-order valence-electron chi connectivity index (χ3n) is 3.56. The van der Waals surface area contributed by atoms with Gasteiger partial charge in [-0.1, -0.05) is 18.2 Å². The first-order valence-electron chi connectivity index (χ1n) is 7.41. The Bertz CT molecular complexity index is 636. The van der Waals surface area contributed by atoms with Gasteiger partial charge >= 0.3 is 0 Å². The largest absolute Gasteiger partial charge is 0.438 e. The minimum Gasteiger partial charge on any atom is -0.438 e. The average molecular weight is 320 g/mol. The molecule has 0 bridgehead atoms. The third-order valence-corrected chi connectivity index (χ3v) is 3.56. The van der Waals surface area contributed by atoms with Gasteiger partial charge in [0.25, 0.3) is 5.92 Å². The van der Waals surface area contributed by atoms with Gasteiger partial charge in [0.2, 0.25) is 5.88 Å². The standard InChI is InChI=1S/C16H18F2N4O/c17-16(18)8-12(19)9-22(11-16)10-13-6-7-15(21-20-13)23-14-4-2-1-3-5-14/h1-7,12H,8-11,19H2. The molecule has 0 saturated carbocycles. The number of likely N-dealkylation sites (tertiary alicyclic amines) is 1. The second-order valence-corrected chi connectivity index (χ2v) is 5.77. The molecule has 7 heteroatoms. The van der Waals surface area contributed by atoms with E-state index in [-0.39, 0.29) is 13.0 Å². The van der Waals surface area contributed by atoms with E-state index in [1.165, 1.54) is 0 Å². The lowest BCUT2D eigenvalue weighted by molar-refractivity contribution is -0.0729. The van der Waals surface area contributed by atoms with E-state index in [0.717, 1.165) is 0 Å². The minimum atomic E-state index is -2.75. The SMILES string of the molecule is NC1CN(Cc2ccc(Oc3ccccc3)nn2)CC(F)(F)C1. The van der Waals surface area contributed by atoms with Crippen LogP contribution >= 0.6 is 0 Å². The van der Waals surface area contributed by atoms with Crippen molar-refractivity contribution < 1.29 is 13.5 Å². The molecule has 1 atom stereocenters. The number of aromatic nitrogens is 2. The summed E-state index contributed by atoms with van der Waals surface area (Å²) in [7, 11) is 0. The van der Waals surface area contributed by atoms with Gasteiger partial charge in [0.05, 0.1) is 12.2 Å². The van der Waals surface area contributed by atoms with Crippen molar-refractivity contribution in [3.8, 4) is 11.6 Å². The molecular formula is C16H18F2N4O. The molecule has 122 valence electrons. The van der Waals surface area contributed by atoms with E-state index in [4.69, 9.17) is 10.5 Å². The van der Waals surface area contributed by atoms with Crippen LogP contribution in [0.4, 0.5) is 8.78 Å². The summed E-state index contributed by atoms with van der Waals surface area (Å²) >= 11 is 0. The highest BCUT2D eigenvalue weighted by atomic mass is 19.3. The summed E-state index contributed by atoms with van der Waals surface area (Å²) in [5.41, 5.74) is 6.29. The molecule has 0 aliphatic carbocycles. The first-order valence-corrected chi connectivity index (χ1v) is 7.41. The molecule has 1 aromatic carbocycles. The van der Waals surface area contributed by atoms with Crippen LogP contribution in [-0.4, -0.2) is 40.2 Å². The Hall–Kier alpha value is -2.12. The van der Waals surface area contributed by atoms with E-state index >= 15 is 0 Å². The molecule has 23 heavy (non-hydrogen) atoms. The van der Waals surface area contributed by atoms with Gasteiger partial charge in [-0.15, -0.1) is 5.10 Å². The molecule has 1 aliphatic heterocycles. The molecule has 1 aliphatic rings. The van der Waals surface area contributed by atoms with Crippen LogP contribution in [0, 0.1) is 0 Å². The monoisotopic (exact) mass is 320 g/mol. The minimum absolute atomic E-state index is 0.265. The van der Waals surface area contributed by atoms with E-state index in [0.29, 0.717) is 30.4 Å². The van der Waals surface area contributed by atoms with E-state index in [1.54, 1.807) is 17.0 Å². The summed E-state index contributed by atoms with van der Waals surface area (Å²) < 4.78 is 32.6. The van der Waals surface area contributed by atoms with Gasteiger partial charge in [0.1, 0.15) is 5.75 Å². The number of nitrogens with two attached hydrogens (primary N) is 1. The Balaban J connectivity index is 1.61. The van der Waals surface area contributed by atoms with E-state index in [1.807, 2.05) is 30.3 Å². The molecule has 0 spiro atoms.